The van der Waals surface area contributed by atoms with Crippen molar-refractivity contribution in [3.05, 3.63) is 36.5 Å². The number of hydrogen-bond acceptors (Lipinski definition) is 5. The van der Waals surface area contributed by atoms with E-state index in [0.717, 1.165) is 64.2 Å². The van der Waals surface area contributed by atoms with Crippen LogP contribution in [-0.4, -0.2) is 37.9 Å². The van der Waals surface area contributed by atoms with Crippen molar-refractivity contribution in [2.24, 2.45) is 0 Å². The summed E-state index contributed by atoms with van der Waals surface area (Å²) in [6, 6.07) is 0. The van der Waals surface area contributed by atoms with E-state index in [2.05, 4.69) is 57.2 Å². The molecule has 0 rings (SSSR count). The monoisotopic (exact) mass is 703 g/mol. The van der Waals surface area contributed by atoms with Crippen molar-refractivity contribution in [2.45, 2.75) is 219 Å². The van der Waals surface area contributed by atoms with Gasteiger partial charge in [0.25, 0.3) is 0 Å². The van der Waals surface area contributed by atoms with Crippen molar-refractivity contribution in [1.29, 1.82) is 0 Å². The lowest BCUT2D eigenvalue weighted by atomic mass is 10.1. The van der Waals surface area contributed by atoms with Gasteiger partial charge in [-0.05, 0) is 70.6 Å². The van der Waals surface area contributed by atoms with Gasteiger partial charge in [0, 0.05) is 19.4 Å². The predicted octanol–water partition coefficient (Wildman–Crippen LogP) is 13.9. The number of carbonyl (C=O) groups is 2. The third kappa shape index (κ3) is 38.9. The molecule has 0 aromatic carbocycles. The lowest BCUT2D eigenvalue weighted by Crippen LogP contribution is -2.30. The molecule has 0 spiro atoms. The predicted molar refractivity (Wildman–Crippen MR) is 215 cm³/mol. The highest BCUT2D eigenvalue weighted by Crippen LogP contribution is 2.12. The fraction of sp³-hybridized carbons (Fsp3) is 0.822. The van der Waals surface area contributed by atoms with Crippen molar-refractivity contribution < 1.29 is 23.8 Å². The van der Waals surface area contributed by atoms with E-state index in [1.807, 2.05) is 0 Å². The first kappa shape index (κ1) is 48.1. The topological polar surface area (TPSA) is 61.8 Å². The van der Waals surface area contributed by atoms with Gasteiger partial charge in [-0.25, -0.2) is 0 Å². The minimum absolute atomic E-state index is 0.0783. The number of ether oxygens (including phenoxy) is 3. The molecule has 0 bridgehead atoms. The molecule has 1 atom stereocenters. The Morgan fingerprint density at radius 3 is 1.42 bits per heavy atom. The Bertz CT molecular complexity index is 801. The second kappa shape index (κ2) is 41.5. The molecule has 0 fully saturated rings. The summed E-state index contributed by atoms with van der Waals surface area (Å²) in [7, 11) is 0. The van der Waals surface area contributed by atoms with Crippen molar-refractivity contribution in [3.63, 3.8) is 0 Å². The maximum atomic E-state index is 12.5. The number of rotatable bonds is 39. The highest BCUT2D eigenvalue weighted by atomic mass is 16.6. The van der Waals surface area contributed by atoms with Gasteiger partial charge in [-0.1, -0.05) is 166 Å². The van der Waals surface area contributed by atoms with Crippen LogP contribution < -0.4 is 0 Å². The molecule has 0 heterocycles. The molecule has 0 saturated carbocycles. The average molecular weight is 703 g/mol. The smallest absolute Gasteiger partial charge is 0.306 e. The van der Waals surface area contributed by atoms with Gasteiger partial charge in [-0.3, -0.25) is 9.59 Å². The number of carbonyl (C=O) groups excluding carboxylic acids is 2. The van der Waals surface area contributed by atoms with Gasteiger partial charge >= 0.3 is 11.9 Å². The first-order valence-electron chi connectivity index (χ1n) is 21.5. The van der Waals surface area contributed by atoms with Crippen LogP contribution in [0.4, 0.5) is 0 Å². The average Bonchev–Trinajstić information content (AvgIpc) is 3.11. The zero-order valence-electron chi connectivity index (χ0n) is 33.4. The molecule has 292 valence electrons. The third-order valence-electron chi connectivity index (χ3n) is 9.13. The van der Waals surface area contributed by atoms with Crippen LogP contribution in [0.2, 0.25) is 0 Å². The fourth-order valence-electron chi connectivity index (χ4n) is 5.89. The Labute approximate surface area is 310 Å². The molecule has 0 aromatic heterocycles. The molecule has 50 heavy (non-hydrogen) atoms. The molecular formula is C45H82O5. The van der Waals surface area contributed by atoms with Crippen molar-refractivity contribution in [2.75, 3.05) is 19.8 Å². The summed E-state index contributed by atoms with van der Waals surface area (Å²) in [5.74, 6) is -0.422. The molecule has 5 nitrogen and oxygen atoms in total. The van der Waals surface area contributed by atoms with Crippen molar-refractivity contribution in [3.8, 4) is 0 Å². The maximum absolute atomic E-state index is 12.5. The number of esters is 2. The first-order valence-corrected chi connectivity index (χ1v) is 21.5. The van der Waals surface area contributed by atoms with Crippen LogP contribution >= 0.6 is 0 Å². The number of allylic oxidation sites excluding steroid dienone is 6. The summed E-state index contributed by atoms with van der Waals surface area (Å²) in [5, 5.41) is 0. The van der Waals surface area contributed by atoms with Crippen molar-refractivity contribution in [1.82, 2.24) is 0 Å². The van der Waals surface area contributed by atoms with E-state index < -0.39 is 6.10 Å². The zero-order valence-corrected chi connectivity index (χ0v) is 33.4. The van der Waals surface area contributed by atoms with E-state index in [-0.39, 0.29) is 25.2 Å². The van der Waals surface area contributed by atoms with Crippen LogP contribution in [0.15, 0.2) is 36.5 Å². The second-order valence-electron chi connectivity index (χ2n) is 14.2. The molecule has 0 radical (unpaired) electrons. The lowest BCUT2D eigenvalue weighted by Gasteiger charge is -2.18. The fourth-order valence-corrected chi connectivity index (χ4v) is 5.89. The molecule has 1 unspecified atom stereocenters. The van der Waals surface area contributed by atoms with E-state index in [1.165, 1.54) is 116 Å². The van der Waals surface area contributed by atoms with Crippen molar-refractivity contribution >= 4 is 11.9 Å². The molecule has 0 saturated heterocycles. The van der Waals surface area contributed by atoms with Crippen LogP contribution in [-0.2, 0) is 23.8 Å². The van der Waals surface area contributed by atoms with E-state index in [9.17, 15) is 9.59 Å². The van der Waals surface area contributed by atoms with E-state index >= 15 is 0 Å². The van der Waals surface area contributed by atoms with E-state index in [0.29, 0.717) is 19.4 Å². The Kier molecular flexibility index (Phi) is 40.0. The van der Waals surface area contributed by atoms with Crippen LogP contribution in [0, 0.1) is 0 Å². The Morgan fingerprint density at radius 1 is 0.440 bits per heavy atom. The third-order valence-corrected chi connectivity index (χ3v) is 9.13. The summed E-state index contributed by atoms with van der Waals surface area (Å²) < 4.78 is 17.2. The SMILES string of the molecule is CCC/C=C\C/C=C\CCCCCCCCOCC(COC(=O)CCCCCCC/C=C\CCCCCCCC)OC(=O)CCCCCCC. The van der Waals surface area contributed by atoms with Gasteiger partial charge in [0.1, 0.15) is 6.61 Å². The summed E-state index contributed by atoms with van der Waals surface area (Å²) in [6.07, 6.45) is 47.3. The minimum atomic E-state index is -0.536. The first-order chi connectivity index (χ1) is 24.6. The number of hydrogen-bond donors (Lipinski definition) is 0. The molecular weight excluding hydrogens is 620 g/mol. The minimum Gasteiger partial charge on any atom is -0.462 e. The Balaban J connectivity index is 4.10. The standard InChI is InChI=1S/C45H82O5/c1-4-7-10-13-15-17-19-21-23-24-26-28-30-33-35-38-44(46)49-42-43(50-45(47)39-36-32-12-9-6-3)41-48-40-37-34-31-29-27-25-22-20-18-16-14-11-8-5-2/h11,14,18,20-21,23,43H,4-10,12-13,15-17,19,22,24-42H2,1-3H3/b14-11-,20-18-,23-21-. The van der Waals surface area contributed by atoms with Crippen LogP contribution in [0.5, 0.6) is 0 Å². The molecule has 0 aliphatic heterocycles. The quantitative estimate of drug-likeness (QED) is 0.0362. The second-order valence-corrected chi connectivity index (χ2v) is 14.2. The highest BCUT2D eigenvalue weighted by Gasteiger charge is 2.17. The van der Waals surface area contributed by atoms with Crippen LogP contribution in [0.3, 0.4) is 0 Å². The molecule has 0 N–H and O–H groups in total. The lowest BCUT2D eigenvalue weighted by molar-refractivity contribution is -0.163. The van der Waals surface area contributed by atoms with Crippen LogP contribution in [0.25, 0.3) is 0 Å². The maximum Gasteiger partial charge on any atom is 0.306 e. The molecule has 0 aromatic rings. The molecule has 0 amide bonds. The van der Waals surface area contributed by atoms with Gasteiger partial charge in [-0.2, -0.15) is 0 Å². The number of unbranched alkanes of at least 4 members (excludes halogenated alkanes) is 22. The van der Waals surface area contributed by atoms with Gasteiger partial charge in [-0.15, -0.1) is 0 Å². The summed E-state index contributed by atoms with van der Waals surface area (Å²) in [4.78, 5) is 24.9. The van der Waals surface area contributed by atoms with Gasteiger partial charge < -0.3 is 14.2 Å². The van der Waals surface area contributed by atoms with E-state index in [4.69, 9.17) is 14.2 Å². The Hall–Kier alpha value is -1.88. The highest BCUT2D eigenvalue weighted by molar-refractivity contribution is 5.70. The largest absolute Gasteiger partial charge is 0.462 e. The van der Waals surface area contributed by atoms with Crippen LogP contribution in [0.1, 0.15) is 213 Å². The van der Waals surface area contributed by atoms with Gasteiger partial charge in [0.2, 0.25) is 0 Å². The Morgan fingerprint density at radius 2 is 0.880 bits per heavy atom. The zero-order chi connectivity index (χ0) is 36.4. The summed E-state index contributed by atoms with van der Waals surface area (Å²) in [6.45, 7) is 7.66. The van der Waals surface area contributed by atoms with Gasteiger partial charge in [0.15, 0.2) is 6.10 Å². The normalized spacial score (nSPS) is 12.5. The summed E-state index contributed by atoms with van der Waals surface area (Å²) in [5.41, 5.74) is 0. The molecule has 0 aliphatic carbocycles. The van der Waals surface area contributed by atoms with E-state index in [1.54, 1.807) is 0 Å². The van der Waals surface area contributed by atoms with Gasteiger partial charge in [0.05, 0.1) is 6.61 Å². The molecule has 5 heteroatoms. The summed E-state index contributed by atoms with van der Waals surface area (Å²) >= 11 is 0. The molecule has 0 aliphatic rings.